The Kier molecular flexibility index (Phi) is 4.47. The number of thioether (sulfide) groups is 1. The lowest BCUT2D eigenvalue weighted by Gasteiger charge is -2.04. The molecule has 2 N–H and O–H groups in total. The lowest BCUT2D eigenvalue weighted by molar-refractivity contribution is 0.169. The van der Waals surface area contributed by atoms with Gasteiger partial charge in [-0.1, -0.05) is 42.1 Å². The van der Waals surface area contributed by atoms with Crippen molar-refractivity contribution < 1.29 is 4.74 Å². The lowest BCUT2D eigenvalue weighted by Crippen LogP contribution is -1.91. The van der Waals surface area contributed by atoms with Gasteiger partial charge < -0.3 is 10.5 Å². The quantitative estimate of drug-likeness (QED) is 0.379. The van der Waals surface area contributed by atoms with E-state index in [-0.39, 0.29) is 0 Å². The summed E-state index contributed by atoms with van der Waals surface area (Å²) >= 11 is 1.67. The van der Waals surface area contributed by atoms with E-state index in [1.54, 1.807) is 11.8 Å². The van der Waals surface area contributed by atoms with Gasteiger partial charge in [-0.2, -0.15) is 0 Å². The van der Waals surface area contributed by atoms with Crippen LogP contribution in [0.3, 0.4) is 0 Å². The molecule has 0 aliphatic heterocycles. The van der Waals surface area contributed by atoms with E-state index in [0.29, 0.717) is 12.5 Å². The zero-order chi connectivity index (χ0) is 11.9. The molecular weight excluding hydrogens is 230 g/mol. The molecule has 0 saturated heterocycles. The second kappa shape index (κ2) is 6.33. The summed E-state index contributed by atoms with van der Waals surface area (Å²) in [6.07, 6.45) is 0. The van der Waals surface area contributed by atoms with Crippen LogP contribution in [0.5, 0.6) is 0 Å². The van der Waals surface area contributed by atoms with Crippen molar-refractivity contribution in [2.24, 2.45) is 0 Å². The van der Waals surface area contributed by atoms with E-state index in [1.165, 1.54) is 10.5 Å². The van der Waals surface area contributed by atoms with Gasteiger partial charge in [0, 0.05) is 10.6 Å². The average molecular weight is 245 g/mol. The summed E-state index contributed by atoms with van der Waals surface area (Å²) in [5, 5.41) is 0. The standard InChI is InChI=1S/C14H15NOS/c15-13-6-8-14(9-7-13)17-11-16-10-12-4-2-1-3-5-12/h1-9H,10-11,15H2. The molecule has 88 valence electrons. The fourth-order valence-electron chi connectivity index (χ4n) is 1.41. The molecule has 0 unspecified atom stereocenters. The third-order valence-corrected chi connectivity index (χ3v) is 3.19. The second-order valence-electron chi connectivity index (χ2n) is 3.67. The summed E-state index contributed by atoms with van der Waals surface area (Å²) in [6.45, 7) is 0.656. The Balaban J connectivity index is 1.71. The van der Waals surface area contributed by atoms with Crippen molar-refractivity contribution in [3.63, 3.8) is 0 Å². The summed E-state index contributed by atoms with van der Waals surface area (Å²) in [5.74, 6) is 0.652. The maximum Gasteiger partial charge on any atom is 0.0971 e. The Morgan fingerprint density at radius 3 is 2.35 bits per heavy atom. The first kappa shape index (κ1) is 12.0. The number of nitrogen functional groups attached to an aromatic ring is 1. The first-order valence-electron chi connectivity index (χ1n) is 5.44. The van der Waals surface area contributed by atoms with Crippen LogP contribution in [0.2, 0.25) is 0 Å². The largest absolute Gasteiger partial charge is 0.399 e. The van der Waals surface area contributed by atoms with E-state index in [0.717, 1.165) is 5.69 Å². The Labute approximate surface area is 106 Å². The van der Waals surface area contributed by atoms with Crippen LogP contribution in [0.1, 0.15) is 5.56 Å². The monoisotopic (exact) mass is 245 g/mol. The molecule has 0 bridgehead atoms. The molecule has 2 aromatic rings. The number of nitrogens with two attached hydrogens (primary N) is 1. The van der Waals surface area contributed by atoms with Gasteiger partial charge in [0.05, 0.1) is 12.5 Å². The number of hydrogen-bond donors (Lipinski definition) is 1. The predicted octanol–water partition coefficient (Wildman–Crippen LogP) is 3.54. The zero-order valence-electron chi connectivity index (χ0n) is 9.50. The fraction of sp³-hybridized carbons (Fsp3) is 0.143. The van der Waals surface area contributed by atoms with E-state index in [1.807, 2.05) is 42.5 Å². The SMILES string of the molecule is Nc1ccc(SCOCc2ccccc2)cc1. The Morgan fingerprint density at radius 1 is 0.941 bits per heavy atom. The van der Waals surface area contributed by atoms with Crippen molar-refractivity contribution >= 4 is 17.4 Å². The molecule has 2 rings (SSSR count). The molecule has 2 nitrogen and oxygen atoms in total. The first-order valence-corrected chi connectivity index (χ1v) is 6.43. The minimum Gasteiger partial charge on any atom is -0.399 e. The van der Waals surface area contributed by atoms with Crippen LogP contribution >= 0.6 is 11.8 Å². The van der Waals surface area contributed by atoms with Gasteiger partial charge in [-0.05, 0) is 29.8 Å². The summed E-state index contributed by atoms with van der Waals surface area (Å²) < 4.78 is 5.59. The highest BCUT2D eigenvalue weighted by molar-refractivity contribution is 7.99. The van der Waals surface area contributed by atoms with Gasteiger partial charge in [0.15, 0.2) is 0 Å². The lowest BCUT2D eigenvalue weighted by atomic mass is 10.2. The van der Waals surface area contributed by atoms with Crippen LogP contribution in [-0.2, 0) is 11.3 Å². The van der Waals surface area contributed by atoms with E-state index < -0.39 is 0 Å². The molecule has 0 saturated carbocycles. The highest BCUT2D eigenvalue weighted by Crippen LogP contribution is 2.19. The van der Waals surface area contributed by atoms with Gasteiger partial charge in [-0.25, -0.2) is 0 Å². The van der Waals surface area contributed by atoms with E-state index in [4.69, 9.17) is 10.5 Å². The van der Waals surface area contributed by atoms with E-state index in [2.05, 4.69) is 12.1 Å². The molecular formula is C14H15NOS. The van der Waals surface area contributed by atoms with Crippen LogP contribution in [0, 0.1) is 0 Å². The summed E-state index contributed by atoms with van der Waals surface area (Å²) in [7, 11) is 0. The molecule has 0 spiro atoms. The molecule has 0 aromatic heterocycles. The fourth-order valence-corrected chi connectivity index (χ4v) is 2.04. The van der Waals surface area contributed by atoms with Crippen molar-refractivity contribution in [2.75, 3.05) is 11.7 Å². The molecule has 0 radical (unpaired) electrons. The molecule has 0 heterocycles. The van der Waals surface area contributed by atoms with Gasteiger partial charge in [0.2, 0.25) is 0 Å². The Hall–Kier alpha value is -1.45. The molecule has 3 heteroatoms. The third kappa shape index (κ3) is 4.13. The molecule has 0 aliphatic rings. The van der Waals surface area contributed by atoms with E-state index >= 15 is 0 Å². The minimum absolute atomic E-state index is 0.652. The summed E-state index contributed by atoms with van der Waals surface area (Å²) in [6, 6.07) is 18.0. The Bertz CT molecular complexity index is 442. The van der Waals surface area contributed by atoms with Crippen molar-refractivity contribution in [3.05, 3.63) is 60.2 Å². The number of hydrogen-bond acceptors (Lipinski definition) is 3. The number of ether oxygens (including phenoxy) is 1. The topological polar surface area (TPSA) is 35.2 Å². The summed E-state index contributed by atoms with van der Waals surface area (Å²) in [4.78, 5) is 1.17. The van der Waals surface area contributed by atoms with Gasteiger partial charge in [-0.3, -0.25) is 0 Å². The van der Waals surface area contributed by atoms with Crippen LogP contribution < -0.4 is 5.73 Å². The number of rotatable bonds is 5. The van der Waals surface area contributed by atoms with Crippen LogP contribution in [0.15, 0.2) is 59.5 Å². The second-order valence-corrected chi connectivity index (χ2v) is 4.66. The molecule has 17 heavy (non-hydrogen) atoms. The van der Waals surface area contributed by atoms with Crippen molar-refractivity contribution in [2.45, 2.75) is 11.5 Å². The summed E-state index contributed by atoms with van der Waals surface area (Å²) in [5.41, 5.74) is 7.61. The van der Waals surface area contributed by atoms with Gasteiger partial charge in [0.1, 0.15) is 0 Å². The normalized spacial score (nSPS) is 10.4. The molecule has 0 atom stereocenters. The molecule has 0 amide bonds. The van der Waals surface area contributed by atoms with Crippen molar-refractivity contribution in [1.29, 1.82) is 0 Å². The average Bonchev–Trinajstić information content (AvgIpc) is 2.38. The maximum absolute atomic E-state index is 5.62. The van der Waals surface area contributed by atoms with Crippen molar-refractivity contribution in [3.8, 4) is 0 Å². The number of anilines is 1. The molecule has 0 fully saturated rings. The predicted molar refractivity (Wildman–Crippen MR) is 72.8 cm³/mol. The van der Waals surface area contributed by atoms with Crippen LogP contribution in [0.25, 0.3) is 0 Å². The number of benzene rings is 2. The first-order chi connectivity index (χ1) is 8.34. The smallest absolute Gasteiger partial charge is 0.0971 e. The van der Waals surface area contributed by atoms with Gasteiger partial charge in [-0.15, -0.1) is 0 Å². The van der Waals surface area contributed by atoms with Gasteiger partial charge >= 0.3 is 0 Å². The molecule has 0 aliphatic carbocycles. The van der Waals surface area contributed by atoms with Crippen LogP contribution in [-0.4, -0.2) is 5.94 Å². The molecule has 2 aromatic carbocycles. The minimum atomic E-state index is 0.652. The van der Waals surface area contributed by atoms with E-state index in [9.17, 15) is 0 Å². The highest BCUT2D eigenvalue weighted by atomic mass is 32.2. The third-order valence-electron chi connectivity index (χ3n) is 2.30. The van der Waals surface area contributed by atoms with Crippen LogP contribution in [0.4, 0.5) is 5.69 Å². The Morgan fingerprint density at radius 2 is 1.65 bits per heavy atom. The zero-order valence-corrected chi connectivity index (χ0v) is 10.3. The van der Waals surface area contributed by atoms with Gasteiger partial charge in [0.25, 0.3) is 0 Å². The maximum atomic E-state index is 5.62. The van der Waals surface area contributed by atoms with Crippen molar-refractivity contribution in [1.82, 2.24) is 0 Å². The highest BCUT2D eigenvalue weighted by Gasteiger charge is 1.95.